The minimum absolute atomic E-state index is 1.24. The summed E-state index contributed by atoms with van der Waals surface area (Å²) in [7, 11) is 0. The van der Waals surface area contributed by atoms with Crippen LogP contribution in [0.15, 0.2) is 34.7 Å². The molecule has 0 unspecified atom stereocenters. The lowest BCUT2D eigenvalue weighted by atomic mass is 9.99. The predicted octanol–water partition coefficient (Wildman–Crippen LogP) is 6.21. The predicted molar refractivity (Wildman–Crippen MR) is 83.0 cm³/mol. The van der Waals surface area contributed by atoms with Crippen molar-refractivity contribution in [1.29, 1.82) is 0 Å². The molecule has 0 fully saturated rings. The van der Waals surface area contributed by atoms with Gasteiger partial charge >= 0.3 is 0 Å². The van der Waals surface area contributed by atoms with Crippen LogP contribution in [0.25, 0.3) is 5.57 Å². The Morgan fingerprint density at radius 2 is 2.11 bits per heavy atom. The fourth-order valence-electron chi connectivity index (χ4n) is 2.69. The summed E-state index contributed by atoms with van der Waals surface area (Å²) in [5, 5.41) is 2.20. The lowest BCUT2D eigenvalue weighted by Crippen LogP contribution is -1.87. The third-order valence-electron chi connectivity index (χ3n) is 3.67. The maximum atomic E-state index is 2.49. The Bertz CT molecular complexity index is 420. The molecule has 0 radical (unpaired) electrons. The summed E-state index contributed by atoms with van der Waals surface area (Å²) in [6.45, 7) is 4.55. The van der Waals surface area contributed by atoms with Gasteiger partial charge in [-0.1, -0.05) is 38.8 Å². The van der Waals surface area contributed by atoms with Crippen LogP contribution in [0.4, 0.5) is 0 Å². The number of unbranched alkanes of at least 4 members (excludes halogenated alkanes) is 2. The molecule has 98 valence electrons. The normalized spacial score (nSPS) is 18.0. The van der Waals surface area contributed by atoms with Crippen LogP contribution in [0.1, 0.15) is 63.7 Å². The zero-order valence-corrected chi connectivity index (χ0v) is 12.5. The second-order valence-corrected chi connectivity index (χ2v) is 6.00. The summed E-state index contributed by atoms with van der Waals surface area (Å²) >= 11 is 1.90. The molecule has 0 aliphatic heterocycles. The second-order valence-electron chi connectivity index (χ2n) is 5.06. The Kier molecular flexibility index (Phi) is 5.25. The molecule has 0 aromatic carbocycles. The van der Waals surface area contributed by atoms with Crippen molar-refractivity contribution in [1.82, 2.24) is 0 Å². The van der Waals surface area contributed by atoms with Gasteiger partial charge in [0.2, 0.25) is 0 Å². The minimum Gasteiger partial charge on any atom is -0.144 e. The SMILES string of the molecule is CCC/C=C1\CCC(c2cccs2)=C1CCCC. The van der Waals surface area contributed by atoms with Gasteiger partial charge in [0.25, 0.3) is 0 Å². The van der Waals surface area contributed by atoms with E-state index >= 15 is 0 Å². The molecule has 1 aromatic heterocycles. The molecular weight excluding hydrogens is 236 g/mol. The van der Waals surface area contributed by atoms with Crippen LogP contribution in [0.2, 0.25) is 0 Å². The highest BCUT2D eigenvalue weighted by molar-refractivity contribution is 7.11. The van der Waals surface area contributed by atoms with Crippen LogP contribution >= 0.6 is 11.3 Å². The number of thiophene rings is 1. The molecule has 1 aromatic rings. The zero-order valence-electron chi connectivity index (χ0n) is 11.7. The highest BCUT2D eigenvalue weighted by atomic mass is 32.1. The van der Waals surface area contributed by atoms with E-state index < -0.39 is 0 Å². The van der Waals surface area contributed by atoms with Gasteiger partial charge < -0.3 is 0 Å². The zero-order chi connectivity index (χ0) is 12.8. The van der Waals surface area contributed by atoms with Crippen LogP contribution in [0.5, 0.6) is 0 Å². The highest BCUT2D eigenvalue weighted by Gasteiger charge is 2.20. The first-order valence-electron chi connectivity index (χ1n) is 7.32. The number of rotatable bonds is 6. The van der Waals surface area contributed by atoms with Gasteiger partial charge in [-0.3, -0.25) is 0 Å². The third kappa shape index (κ3) is 3.14. The number of hydrogen-bond acceptors (Lipinski definition) is 1. The largest absolute Gasteiger partial charge is 0.144 e. The van der Waals surface area contributed by atoms with Crippen LogP contribution in [0.3, 0.4) is 0 Å². The Hall–Kier alpha value is -0.820. The Morgan fingerprint density at radius 3 is 2.78 bits per heavy atom. The lowest BCUT2D eigenvalue weighted by molar-refractivity contribution is 0.791. The van der Waals surface area contributed by atoms with Gasteiger partial charge in [0.1, 0.15) is 0 Å². The summed E-state index contributed by atoms with van der Waals surface area (Å²) in [5.41, 5.74) is 4.96. The first-order chi connectivity index (χ1) is 8.86. The molecule has 1 heteroatoms. The van der Waals surface area contributed by atoms with Gasteiger partial charge in [-0.05, 0) is 60.3 Å². The molecule has 1 heterocycles. The molecule has 1 aliphatic rings. The standard InChI is InChI=1S/C17H24S/c1-3-5-8-14-11-12-16(15(14)9-6-4-2)17-10-7-13-18-17/h7-8,10,13H,3-6,9,11-12H2,1-2H3/b14-8+. The van der Waals surface area contributed by atoms with E-state index in [2.05, 4.69) is 37.4 Å². The van der Waals surface area contributed by atoms with E-state index in [0.717, 1.165) is 0 Å². The van der Waals surface area contributed by atoms with E-state index in [1.807, 2.05) is 11.3 Å². The molecule has 1 aliphatic carbocycles. The van der Waals surface area contributed by atoms with Crippen molar-refractivity contribution < 1.29 is 0 Å². The highest BCUT2D eigenvalue weighted by Crippen LogP contribution is 2.41. The summed E-state index contributed by atoms with van der Waals surface area (Å²) in [6.07, 6.45) is 11.4. The topological polar surface area (TPSA) is 0 Å². The molecular formula is C17H24S. The monoisotopic (exact) mass is 260 g/mol. The first kappa shape index (κ1) is 13.6. The Labute approximate surface area is 115 Å². The van der Waals surface area contributed by atoms with Gasteiger partial charge in [0.15, 0.2) is 0 Å². The average Bonchev–Trinajstić information content (AvgIpc) is 3.02. The van der Waals surface area contributed by atoms with E-state index in [1.54, 1.807) is 16.7 Å². The van der Waals surface area contributed by atoms with E-state index in [0.29, 0.717) is 0 Å². The van der Waals surface area contributed by atoms with E-state index in [-0.39, 0.29) is 0 Å². The molecule has 0 N–H and O–H groups in total. The van der Waals surface area contributed by atoms with Crippen LogP contribution < -0.4 is 0 Å². The maximum Gasteiger partial charge on any atom is 0.0305 e. The molecule has 2 rings (SSSR count). The Balaban J connectivity index is 2.25. The fraction of sp³-hybridized carbons (Fsp3) is 0.529. The van der Waals surface area contributed by atoms with E-state index in [4.69, 9.17) is 0 Å². The lowest BCUT2D eigenvalue weighted by Gasteiger charge is -2.07. The molecule has 0 bridgehead atoms. The van der Waals surface area contributed by atoms with Crippen molar-refractivity contribution in [3.8, 4) is 0 Å². The van der Waals surface area contributed by atoms with Crippen molar-refractivity contribution >= 4 is 16.9 Å². The van der Waals surface area contributed by atoms with Crippen molar-refractivity contribution in [2.24, 2.45) is 0 Å². The van der Waals surface area contributed by atoms with Gasteiger partial charge in [-0.2, -0.15) is 0 Å². The van der Waals surface area contributed by atoms with E-state index in [9.17, 15) is 0 Å². The summed E-state index contributed by atoms with van der Waals surface area (Å²) in [6, 6.07) is 4.47. The number of allylic oxidation sites excluding steroid dienone is 4. The molecule has 0 spiro atoms. The molecule has 0 nitrogen and oxygen atoms in total. The van der Waals surface area contributed by atoms with Crippen LogP contribution in [-0.4, -0.2) is 0 Å². The van der Waals surface area contributed by atoms with Gasteiger partial charge in [0.05, 0.1) is 0 Å². The summed E-state index contributed by atoms with van der Waals surface area (Å²) in [4.78, 5) is 1.50. The smallest absolute Gasteiger partial charge is 0.0305 e. The quantitative estimate of drug-likeness (QED) is 0.570. The third-order valence-corrected chi connectivity index (χ3v) is 4.60. The minimum atomic E-state index is 1.24. The van der Waals surface area contributed by atoms with Crippen molar-refractivity contribution in [2.75, 3.05) is 0 Å². The molecule has 0 amide bonds. The molecule has 0 saturated carbocycles. The first-order valence-corrected chi connectivity index (χ1v) is 8.20. The maximum absolute atomic E-state index is 2.49. The Morgan fingerprint density at radius 1 is 1.22 bits per heavy atom. The average molecular weight is 260 g/mol. The summed E-state index contributed by atoms with van der Waals surface area (Å²) < 4.78 is 0. The van der Waals surface area contributed by atoms with Gasteiger partial charge in [-0.25, -0.2) is 0 Å². The second kappa shape index (κ2) is 6.94. The number of hydrogen-bond donors (Lipinski definition) is 0. The van der Waals surface area contributed by atoms with Crippen LogP contribution in [0, 0.1) is 0 Å². The fourth-order valence-corrected chi connectivity index (χ4v) is 3.51. The van der Waals surface area contributed by atoms with Crippen molar-refractivity contribution in [2.45, 2.75) is 58.8 Å². The van der Waals surface area contributed by atoms with Crippen molar-refractivity contribution in [3.05, 3.63) is 39.6 Å². The van der Waals surface area contributed by atoms with Gasteiger partial charge in [0, 0.05) is 4.88 Å². The van der Waals surface area contributed by atoms with E-state index in [1.165, 1.54) is 49.8 Å². The van der Waals surface area contributed by atoms with Gasteiger partial charge in [-0.15, -0.1) is 11.3 Å². The molecule has 18 heavy (non-hydrogen) atoms. The van der Waals surface area contributed by atoms with Crippen molar-refractivity contribution in [3.63, 3.8) is 0 Å². The molecule has 0 atom stereocenters. The van der Waals surface area contributed by atoms with Crippen LogP contribution in [-0.2, 0) is 0 Å². The summed E-state index contributed by atoms with van der Waals surface area (Å²) in [5.74, 6) is 0. The molecule has 0 saturated heterocycles.